The van der Waals surface area contributed by atoms with Gasteiger partial charge in [-0.2, -0.15) is 45.3 Å². The minimum Gasteiger partial charge on any atom is -0.359 e. The van der Waals surface area contributed by atoms with E-state index in [1.54, 1.807) is 0 Å². The summed E-state index contributed by atoms with van der Waals surface area (Å²) in [5.41, 5.74) is 11.7. The Morgan fingerprint density at radius 1 is 0.359 bits per heavy atom. The second kappa shape index (κ2) is 15.4. The first-order chi connectivity index (χ1) is 31.3. The van der Waals surface area contributed by atoms with E-state index < -0.39 is 0 Å². The smallest absolute Gasteiger partial charge is 0.240 e. The summed E-state index contributed by atoms with van der Waals surface area (Å²) >= 11 is 0. The van der Waals surface area contributed by atoms with Gasteiger partial charge in [-0.1, -0.05) is 156 Å². The fourth-order valence-corrected chi connectivity index (χ4v) is 9.69. The van der Waals surface area contributed by atoms with Crippen molar-refractivity contribution in [1.29, 1.82) is 0 Å². The molecule has 297 valence electrons. The van der Waals surface area contributed by atoms with Crippen LogP contribution >= 0.6 is 0 Å². The first-order valence-corrected chi connectivity index (χ1v) is 21.1. The molecule has 6 nitrogen and oxygen atoms in total. The van der Waals surface area contributed by atoms with E-state index in [2.05, 4.69) is 220 Å². The van der Waals surface area contributed by atoms with E-state index in [-0.39, 0.29) is 32.7 Å². The molecule has 4 aromatic heterocycles. The van der Waals surface area contributed by atoms with E-state index in [0.717, 1.165) is 98.9 Å². The van der Waals surface area contributed by atoms with Gasteiger partial charge in [0.05, 0.1) is 22.1 Å². The molecule has 7 heteroatoms. The number of hydrogen-bond donors (Lipinski definition) is 0. The summed E-state index contributed by atoms with van der Waals surface area (Å²) in [6.45, 7) is 0. The first kappa shape index (κ1) is 38.2. The van der Waals surface area contributed by atoms with E-state index in [0.29, 0.717) is 17.7 Å². The Balaban J connectivity index is 0.00000433. The molecule has 9 aromatic carbocycles. The van der Waals surface area contributed by atoms with E-state index in [9.17, 15) is 0 Å². The number of rotatable bonds is 6. The van der Waals surface area contributed by atoms with Gasteiger partial charge in [0.15, 0.2) is 5.82 Å². The molecular formula is C57H34N6Y-2. The van der Waals surface area contributed by atoms with Crippen molar-refractivity contribution < 1.29 is 32.7 Å². The molecule has 13 aromatic rings. The first-order valence-electron chi connectivity index (χ1n) is 21.1. The van der Waals surface area contributed by atoms with Gasteiger partial charge in [0.25, 0.3) is 0 Å². The number of para-hydroxylation sites is 6. The van der Waals surface area contributed by atoms with Crippen molar-refractivity contribution in [1.82, 2.24) is 28.7 Å². The van der Waals surface area contributed by atoms with E-state index in [1.807, 2.05) is 12.1 Å². The molecule has 0 spiro atoms. The maximum atomic E-state index is 5.66. The summed E-state index contributed by atoms with van der Waals surface area (Å²) in [6, 6.07) is 79.4. The SMILES string of the molecule is [Y].[c-]1ccccc1-c1[c-]cc(-c2ccccc2)c(-c2nc(-n3c4ccccc4c4ccccc43)nc(-n3c4ccccc4c4ccccc43)n2)c1-n1c2ccccc2c2ccccc21. The minimum absolute atomic E-state index is 0. The van der Waals surface area contributed by atoms with Gasteiger partial charge in [0.1, 0.15) is 0 Å². The van der Waals surface area contributed by atoms with Gasteiger partial charge < -0.3 is 4.57 Å². The summed E-state index contributed by atoms with van der Waals surface area (Å²) in [5, 5.41) is 6.81. The van der Waals surface area contributed by atoms with Gasteiger partial charge >= 0.3 is 0 Å². The Labute approximate surface area is 393 Å². The quantitative estimate of drug-likeness (QED) is 0.156. The molecule has 0 N–H and O–H groups in total. The molecule has 13 rings (SSSR count). The molecule has 0 aliphatic heterocycles. The van der Waals surface area contributed by atoms with Crippen LogP contribution in [0.2, 0.25) is 0 Å². The molecular weight excluding hydrogens is 858 g/mol. The molecule has 0 saturated heterocycles. The molecule has 0 unspecified atom stereocenters. The van der Waals surface area contributed by atoms with Gasteiger partial charge in [-0.15, -0.1) is 12.1 Å². The second-order valence-electron chi connectivity index (χ2n) is 15.8. The average Bonchev–Trinajstić information content (AvgIpc) is 4.00. The minimum atomic E-state index is 0. The summed E-state index contributed by atoms with van der Waals surface area (Å²) in [7, 11) is 0. The monoisotopic (exact) mass is 891 g/mol. The van der Waals surface area contributed by atoms with Crippen LogP contribution < -0.4 is 0 Å². The van der Waals surface area contributed by atoms with Crippen LogP contribution in [0.3, 0.4) is 0 Å². The fourth-order valence-electron chi connectivity index (χ4n) is 9.69. The summed E-state index contributed by atoms with van der Waals surface area (Å²) in [6.07, 6.45) is 0. The standard InChI is InChI=1S/C57H34N6.Y/c1-3-19-37(20-4-1)39-35-36-40(38-21-5-2-6-22-38)54(61-47-29-13-7-23-41(47)42-24-8-14-30-48(42)61)53(39)55-58-56(62-49-31-15-9-25-43(49)44-26-10-16-32-50(44)62)60-57(59-55)63-51-33-17-11-27-45(51)46-28-12-18-34-52(46)63;/h1-21,23-35H;/q-2;. The van der Waals surface area contributed by atoms with E-state index in [4.69, 9.17) is 15.0 Å². The Kier molecular flexibility index (Phi) is 9.18. The van der Waals surface area contributed by atoms with Crippen LogP contribution in [0.5, 0.6) is 0 Å². The maximum absolute atomic E-state index is 5.66. The third kappa shape index (κ3) is 5.83. The fraction of sp³-hybridized carbons (Fsp3) is 0. The van der Waals surface area contributed by atoms with E-state index >= 15 is 0 Å². The van der Waals surface area contributed by atoms with Gasteiger partial charge in [0, 0.05) is 76.1 Å². The Morgan fingerprint density at radius 2 is 0.750 bits per heavy atom. The van der Waals surface area contributed by atoms with Crippen molar-refractivity contribution in [2.45, 2.75) is 0 Å². The molecule has 64 heavy (non-hydrogen) atoms. The van der Waals surface area contributed by atoms with Gasteiger partial charge in [-0.25, -0.2) is 11.1 Å². The average molecular weight is 892 g/mol. The largest absolute Gasteiger partial charge is 0.359 e. The zero-order chi connectivity index (χ0) is 41.4. The summed E-state index contributed by atoms with van der Waals surface area (Å²) in [5.74, 6) is 1.56. The maximum Gasteiger partial charge on any atom is 0.240 e. The molecule has 0 aliphatic carbocycles. The van der Waals surface area contributed by atoms with Crippen molar-refractivity contribution in [3.8, 4) is 51.2 Å². The topological polar surface area (TPSA) is 53.5 Å². The van der Waals surface area contributed by atoms with Crippen molar-refractivity contribution in [2.24, 2.45) is 0 Å². The van der Waals surface area contributed by atoms with E-state index in [1.165, 1.54) is 0 Å². The number of benzene rings is 9. The van der Waals surface area contributed by atoms with Crippen LogP contribution in [-0.2, 0) is 32.7 Å². The van der Waals surface area contributed by atoms with Crippen LogP contribution in [0.4, 0.5) is 0 Å². The van der Waals surface area contributed by atoms with Crippen LogP contribution in [0.25, 0.3) is 117 Å². The zero-order valence-corrected chi connectivity index (χ0v) is 37.2. The zero-order valence-electron chi connectivity index (χ0n) is 34.4. The van der Waals surface area contributed by atoms with Crippen LogP contribution in [0.1, 0.15) is 0 Å². The number of fused-ring (bicyclic) bond motifs is 9. The van der Waals surface area contributed by atoms with Crippen LogP contribution in [0, 0.1) is 12.1 Å². The summed E-state index contributed by atoms with van der Waals surface area (Å²) in [4.78, 5) is 16.8. The third-order valence-corrected chi connectivity index (χ3v) is 12.4. The van der Waals surface area contributed by atoms with Gasteiger partial charge in [-0.3, -0.25) is 9.13 Å². The van der Waals surface area contributed by atoms with Crippen LogP contribution in [-0.4, -0.2) is 28.7 Å². The third-order valence-electron chi connectivity index (χ3n) is 12.4. The molecule has 0 atom stereocenters. The predicted octanol–water partition coefficient (Wildman–Crippen LogP) is 13.8. The number of hydrogen-bond acceptors (Lipinski definition) is 3. The molecule has 0 aliphatic rings. The molecule has 4 heterocycles. The number of aromatic nitrogens is 6. The Hall–Kier alpha value is -7.51. The summed E-state index contributed by atoms with van der Waals surface area (Å²) < 4.78 is 6.76. The molecule has 0 fully saturated rings. The number of nitrogens with zero attached hydrogens (tertiary/aromatic N) is 6. The molecule has 0 bridgehead atoms. The van der Waals surface area contributed by atoms with Gasteiger partial charge in [-0.05, 0) is 42.0 Å². The van der Waals surface area contributed by atoms with Crippen molar-refractivity contribution >= 4 is 65.4 Å². The van der Waals surface area contributed by atoms with Crippen molar-refractivity contribution in [2.75, 3.05) is 0 Å². The Morgan fingerprint density at radius 3 is 1.17 bits per heavy atom. The van der Waals surface area contributed by atoms with Gasteiger partial charge in [0.2, 0.25) is 11.9 Å². The molecule has 1 radical (unpaired) electrons. The van der Waals surface area contributed by atoms with Crippen LogP contribution in [0.15, 0.2) is 206 Å². The van der Waals surface area contributed by atoms with Crippen molar-refractivity contribution in [3.05, 3.63) is 218 Å². The predicted molar refractivity (Wildman–Crippen MR) is 257 cm³/mol. The Bertz CT molecular complexity index is 3630. The molecule has 0 saturated carbocycles. The van der Waals surface area contributed by atoms with Crippen molar-refractivity contribution in [3.63, 3.8) is 0 Å². The second-order valence-corrected chi connectivity index (χ2v) is 15.8. The normalized spacial score (nSPS) is 11.6. The molecule has 0 amide bonds.